The van der Waals surface area contributed by atoms with Gasteiger partial charge in [-0.25, -0.2) is 0 Å². The number of nitrogens with one attached hydrogen (secondary N) is 1. The van der Waals surface area contributed by atoms with Crippen molar-refractivity contribution in [2.75, 3.05) is 4.55 Å². The van der Waals surface area contributed by atoms with E-state index in [2.05, 4.69) is 50.5 Å². The Labute approximate surface area is 116 Å². The number of aliphatic carboxylic acids is 1. The topological polar surface area (TPSA) is 49.3 Å². The Morgan fingerprint density at radius 3 is 2.47 bits per heavy atom. The minimum atomic E-state index is -0.801. The Bertz CT molecular complexity index is 327. The first-order valence-electron chi connectivity index (χ1n) is 4.40. The van der Waals surface area contributed by atoms with Crippen LogP contribution in [0, 0.1) is 3.57 Å². The summed E-state index contributed by atoms with van der Waals surface area (Å²) in [4.78, 5) is 10.9. The second-order valence-corrected chi connectivity index (χ2v) is 5.07. The van der Waals surface area contributed by atoms with Crippen molar-refractivity contribution in [3.05, 3.63) is 33.4 Å². The van der Waals surface area contributed by atoms with E-state index in [-0.39, 0.29) is 0 Å². The van der Waals surface area contributed by atoms with Gasteiger partial charge in [-0.15, -0.1) is 0 Å². The van der Waals surface area contributed by atoms with Crippen molar-refractivity contribution in [3.8, 4) is 0 Å². The van der Waals surface area contributed by atoms with Crippen molar-refractivity contribution in [3.63, 3.8) is 0 Å². The third kappa shape index (κ3) is 4.64. The summed E-state index contributed by atoms with van der Waals surface area (Å²) in [7, 11) is 0. The van der Waals surface area contributed by atoms with Gasteiger partial charge in [0.15, 0.2) is 0 Å². The van der Waals surface area contributed by atoms with Crippen molar-refractivity contribution in [1.82, 2.24) is 5.32 Å². The number of hydrogen-bond donors (Lipinski definition) is 2. The molecule has 0 bridgehead atoms. The van der Waals surface area contributed by atoms with E-state index in [4.69, 9.17) is 5.11 Å². The van der Waals surface area contributed by atoms with Crippen molar-refractivity contribution in [2.24, 2.45) is 0 Å². The highest BCUT2D eigenvalue weighted by Gasteiger charge is 2.16. The van der Waals surface area contributed by atoms with Gasteiger partial charge < -0.3 is 5.11 Å². The molecule has 0 fully saturated rings. The third-order valence-electron chi connectivity index (χ3n) is 1.97. The van der Waals surface area contributed by atoms with E-state index in [0.717, 1.165) is 9.13 Å². The molecule has 0 aliphatic rings. The first kappa shape index (κ1) is 13.2. The van der Waals surface area contributed by atoms with Crippen LogP contribution in [0.5, 0.6) is 0 Å². The smallest absolute Gasteiger partial charge is 0.321 e. The maximum atomic E-state index is 10.9. The van der Waals surface area contributed by atoms with E-state index in [1.807, 2.05) is 24.3 Å². The zero-order valence-electron chi connectivity index (χ0n) is 7.91. The quantitative estimate of drug-likeness (QED) is 0.428. The largest absolute Gasteiger partial charge is 0.480 e. The Balaban J connectivity index is 2.65. The summed E-state index contributed by atoms with van der Waals surface area (Å²) in [6.07, 6.45) is 0.523. The fourth-order valence-electron chi connectivity index (χ4n) is 1.20. The zero-order valence-corrected chi connectivity index (χ0v) is 12.2. The van der Waals surface area contributed by atoms with E-state index in [9.17, 15) is 4.79 Å². The number of hydrogen-bond acceptors (Lipinski definition) is 2. The van der Waals surface area contributed by atoms with E-state index < -0.39 is 12.0 Å². The molecule has 0 aliphatic heterocycles. The molecule has 2 N–H and O–H groups in total. The number of carboxylic acids is 1. The molecule has 0 amide bonds. The predicted molar refractivity (Wildman–Crippen MR) is 76.3 cm³/mol. The molecule has 0 aliphatic carbocycles. The lowest BCUT2D eigenvalue weighted by molar-refractivity contribution is -0.139. The molecular weight excluding hydrogens is 420 g/mol. The van der Waals surface area contributed by atoms with Gasteiger partial charge >= 0.3 is 5.97 Å². The number of rotatable bonds is 5. The normalized spacial score (nSPS) is 12.4. The Hall–Kier alpha value is 0.110. The van der Waals surface area contributed by atoms with Crippen LogP contribution in [0.2, 0.25) is 0 Å². The molecule has 1 unspecified atom stereocenters. The average Bonchev–Trinajstić information content (AvgIpc) is 2.20. The number of carbonyl (C=O) groups is 1. The lowest BCUT2D eigenvalue weighted by atomic mass is 10.1. The van der Waals surface area contributed by atoms with Crippen LogP contribution >= 0.6 is 45.2 Å². The van der Waals surface area contributed by atoms with Crippen LogP contribution < -0.4 is 5.32 Å². The van der Waals surface area contributed by atoms with Crippen molar-refractivity contribution >= 4 is 51.2 Å². The van der Waals surface area contributed by atoms with Crippen molar-refractivity contribution in [1.29, 1.82) is 0 Å². The predicted octanol–water partition coefficient (Wildman–Crippen LogP) is 2.27. The molecule has 0 aromatic heterocycles. The van der Waals surface area contributed by atoms with Gasteiger partial charge in [-0.05, 0) is 46.7 Å². The lowest BCUT2D eigenvalue weighted by Crippen LogP contribution is -2.37. The number of carboxylic acid groups (broad SMARTS) is 1. The van der Waals surface area contributed by atoms with Crippen molar-refractivity contribution < 1.29 is 9.90 Å². The summed E-state index contributed by atoms with van der Waals surface area (Å²) in [5.74, 6) is -0.801. The molecule has 0 heterocycles. The standard InChI is InChI=1S/C10H11I2NO2/c11-6-13-9(10(14)15)5-7-1-3-8(12)4-2-7/h1-4,9,13H,5-6H2,(H,14,15). The molecule has 0 saturated carbocycles. The summed E-state index contributed by atoms with van der Waals surface area (Å²) >= 11 is 4.34. The van der Waals surface area contributed by atoms with Crippen LogP contribution in [0.1, 0.15) is 5.56 Å². The number of benzene rings is 1. The first-order chi connectivity index (χ1) is 7.13. The molecule has 1 aromatic rings. The zero-order chi connectivity index (χ0) is 11.3. The van der Waals surface area contributed by atoms with E-state index in [0.29, 0.717) is 11.0 Å². The molecule has 0 saturated heterocycles. The molecular formula is C10H11I2NO2. The molecule has 0 radical (unpaired) electrons. The van der Waals surface area contributed by atoms with Crippen LogP contribution in [0.15, 0.2) is 24.3 Å². The molecule has 1 rings (SSSR count). The second-order valence-electron chi connectivity index (χ2n) is 3.06. The highest BCUT2D eigenvalue weighted by atomic mass is 127. The molecule has 0 spiro atoms. The van der Waals surface area contributed by atoms with Crippen LogP contribution in [0.3, 0.4) is 0 Å². The summed E-state index contributed by atoms with van der Waals surface area (Å²) < 4.78 is 1.80. The van der Waals surface area contributed by atoms with Crippen LogP contribution in [-0.4, -0.2) is 21.7 Å². The Morgan fingerprint density at radius 2 is 2.00 bits per heavy atom. The Morgan fingerprint density at radius 1 is 1.40 bits per heavy atom. The van der Waals surface area contributed by atoms with Gasteiger partial charge in [0.25, 0.3) is 0 Å². The fraction of sp³-hybridized carbons (Fsp3) is 0.300. The van der Waals surface area contributed by atoms with Crippen molar-refractivity contribution in [2.45, 2.75) is 12.5 Å². The highest BCUT2D eigenvalue weighted by molar-refractivity contribution is 14.1. The molecule has 3 nitrogen and oxygen atoms in total. The van der Waals surface area contributed by atoms with E-state index >= 15 is 0 Å². The van der Waals surface area contributed by atoms with Gasteiger partial charge in [-0.3, -0.25) is 10.1 Å². The maximum absolute atomic E-state index is 10.9. The van der Waals surface area contributed by atoms with Gasteiger partial charge in [-0.2, -0.15) is 0 Å². The van der Waals surface area contributed by atoms with E-state index in [1.54, 1.807) is 0 Å². The third-order valence-corrected chi connectivity index (χ3v) is 3.13. The fourth-order valence-corrected chi connectivity index (χ4v) is 2.09. The van der Waals surface area contributed by atoms with E-state index in [1.165, 1.54) is 0 Å². The summed E-state index contributed by atoms with van der Waals surface area (Å²) in [5, 5.41) is 11.9. The van der Waals surface area contributed by atoms with Gasteiger partial charge in [0.1, 0.15) is 6.04 Å². The number of halogens is 2. The average molecular weight is 431 g/mol. The molecule has 82 valence electrons. The minimum absolute atomic E-state index is 0.498. The lowest BCUT2D eigenvalue weighted by Gasteiger charge is -2.12. The first-order valence-corrected chi connectivity index (χ1v) is 7.00. The minimum Gasteiger partial charge on any atom is -0.480 e. The van der Waals surface area contributed by atoms with Gasteiger partial charge in [-0.1, -0.05) is 34.7 Å². The second kappa shape index (κ2) is 6.64. The number of alkyl halides is 1. The van der Waals surface area contributed by atoms with Gasteiger partial charge in [0, 0.05) is 8.12 Å². The van der Waals surface area contributed by atoms with Crippen LogP contribution in [-0.2, 0) is 11.2 Å². The van der Waals surface area contributed by atoms with Gasteiger partial charge in [0.2, 0.25) is 0 Å². The maximum Gasteiger partial charge on any atom is 0.321 e. The molecule has 1 atom stereocenters. The van der Waals surface area contributed by atoms with Crippen LogP contribution in [0.25, 0.3) is 0 Å². The monoisotopic (exact) mass is 431 g/mol. The highest BCUT2D eigenvalue weighted by Crippen LogP contribution is 2.09. The molecule has 1 aromatic carbocycles. The molecule has 15 heavy (non-hydrogen) atoms. The Kier molecular flexibility index (Phi) is 5.83. The SMILES string of the molecule is O=C(O)C(Cc1ccc(I)cc1)NCI. The molecule has 5 heteroatoms. The van der Waals surface area contributed by atoms with Crippen LogP contribution in [0.4, 0.5) is 0 Å². The summed E-state index contributed by atoms with van der Waals surface area (Å²) in [6, 6.07) is 7.40. The summed E-state index contributed by atoms with van der Waals surface area (Å²) in [6.45, 7) is 0. The summed E-state index contributed by atoms with van der Waals surface area (Å²) in [5.41, 5.74) is 1.04. The van der Waals surface area contributed by atoms with Gasteiger partial charge in [0.05, 0.1) is 0 Å².